The fourth-order valence-electron chi connectivity index (χ4n) is 3.54. The van der Waals surface area contributed by atoms with Crippen LogP contribution in [0.25, 0.3) is 0 Å². The zero-order valence-electron chi connectivity index (χ0n) is 16.7. The first kappa shape index (κ1) is 22.3. The molecular formula is C21H23F3N2O3S. The van der Waals surface area contributed by atoms with Crippen LogP contribution >= 0.6 is 0 Å². The predicted molar refractivity (Wildman–Crippen MR) is 106 cm³/mol. The molecule has 2 aromatic carbocycles. The Hall–Kier alpha value is -2.39. The summed E-state index contributed by atoms with van der Waals surface area (Å²) in [4.78, 5) is 12.9. The summed E-state index contributed by atoms with van der Waals surface area (Å²) >= 11 is 0. The third-order valence-electron chi connectivity index (χ3n) is 5.71. The highest BCUT2D eigenvalue weighted by Gasteiger charge is 2.55. The van der Waals surface area contributed by atoms with Gasteiger partial charge in [0.15, 0.2) is 10.0 Å². The molecular weight excluding hydrogens is 417 g/mol. The molecule has 5 nitrogen and oxygen atoms in total. The van der Waals surface area contributed by atoms with Crippen molar-refractivity contribution in [1.29, 1.82) is 4.78 Å². The number of carbonyl (C=O) groups excluding carboxylic acids is 1. The number of carbonyl (C=O) groups is 1. The maximum atomic E-state index is 12.8. The smallest absolute Gasteiger partial charge is 0.349 e. The molecule has 0 spiro atoms. The summed E-state index contributed by atoms with van der Waals surface area (Å²) in [6.45, 7) is 3.67. The van der Waals surface area contributed by atoms with Crippen molar-refractivity contribution in [3.05, 3.63) is 65.2 Å². The molecule has 30 heavy (non-hydrogen) atoms. The van der Waals surface area contributed by atoms with Crippen molar-refractivity contribution in [2.24, 2.45) is 5.92 Å². The molecule has 1 saturated carbocycles. The Morgan fingerprint density at radius 2 is 1.77 bits per heavy atom. The third-order valence-corrected chi connectivity index (χ3v) is 7.07. The normalized spacial score (nSPS) is 24.0. The summed E-state index contributed by atoms with van der Waals surface area (Å²) in [5, 5.41) is 2.92. The molecule has 0 radical (unpaired) electrons. The summed E-state index contributed by atoms with van der Waals surface area (Å²) in [7, 11) is -2.08. The van der Waals surface area contributed by atoms with Gasteiger partial charge in [0, 0.05) is 11.3 Å². The maximum absolute atomic E-state index is 12.8. The molecule has 1 aliphatic carbocycles. The Labute approximate surface area is 173 Å². The number of hydrogen-bond donors (Lipinski definition) is 2. The van der Waals surface area contributed by atoms with Crippen LogP contribution in [0.3, 0.4) is 0 Å². The van der Waals surface area contributed by atoms with Crippen LogP contribution in [0.2, 0.25) is 0 Å². The lowest BCUT2D eigenvalue weighted by atomic mass is 9.94. The minimum absolute atomic E-state index is 0.171. The van der Waals surface area contributed by atoms with E-state index in [4.69, 9.17) is 4.78 Å². The van der Waals surface area contributed by atoms with E-state index in [0.29, 0.717) is 12.0 Å². The van der Waals surface area contributed by atoms with Gasteiger partial charge in [0.05, 0.1) is 23.6 Å². The van der Waals surface area contributed by atoms with Crippen LogP contribution in [0.15, 0.2) is 53.4 Å². The highest BCUT2D eigenvalue weighted by Crippen LogP contribution is 2.54. The number of rotatable bonds is 6. The number of alkyl halides is 3. The van der Waals surface area contributed by atoms with Gasteiger partial charge in [0.25, 0.3) is 0 Å². The average molecular weight is 440 g/mol. The highest BCUT2D eigenvalue weighted by molar-refractivity contribution is 7.87. The Balaban J connectivity index is 1.65. The Morgan fingerprint density at radius 1 is 1.20 bits per heavy atom. The zero-order valence-corrected chi connectivity index (χ0v) is 17.6. The average Bonchev–Trinajstić information content (AvgIpc) is 3.40. The summed E-state index contributed by atoms with van der Waals surface area (Å²) in [5.41, 5.74) is 0.277. The van der Waals surface area contributed by atoms with Gasteiger partial charge in [0.2, 0.25) is 5.91 Å². The number of hydrogen-bond acceptors (Lipinski definition) is 4. The van der Waals surface area contributed by atoms with Crippen LogP contribution in [0, 0.1) is 10.7 Å². The fourth-order valence-corrected chi connectivity index (χ4v) is 4.22. The minimum Gasteiger partial charge on any atom is -0.349 e. The van der Waals surface area contributed by atoms with E-state index >= 15 is 0 Å². The zero-order chi connectivity index (χ0) is 22.3. The molecule has 1 fully saturated rings. The Morgan fingerprint density at radius 3 is 2.27 bits per heavy atom. The molecule has 0 bridgehead atoms. The van der Waals surface area contributed by atoms with Gasteiger partial charge in [0.1, 0.15) is 0 Å². The van der Waals surface area contributed by atoms with Crippen molar-refractivity contribution in [3.63, 3.8) is 0 Å². The third kappa shape index (κ3) is 4.37. The van der Waals surface area contributed by atoms with E-state index in [2.05, 4.69) is 9.50 Å². The molecule has 2 N–H and O–H groups in total. The molecule has 3 unspecified atom stereocenters. The largest absolute Gasteiger partial charge is 0.416 e. The number of benzene rings is 2. The van der Waals surface area contributed by atoms with Crippen molar-refractivity contribution < 1.29 is 26.4 Å². The molecule has 3 rings (SSSR count). The van der Waals surface area contributed by atoms with E-state index in [1.54, 1.807) is 19.1 Å². The lowest BCUT2D eigenvalue weighted by molar-refractivity contribution is -0.137. The van der Waals surface area contributed by atoms with Crippen LogP contribution in [0.4, 0.5) is 13.2 Å². The van der Waals surface area contributed by atoms with Gasteiger partial charge in [-0.3, -0.25) is 8.98 Å². The summed E-state index contributed by atoms with van der Waals surface area (Å²) in [6.07, 6.45) is -3.83. The number of amides is 1. The monoisotopic (exact) mass is 440 g/mol. The SMILES string of the molecule is COS(=N)(=O)c1ccc([C@@H](C)NC(=O)C2CC2(C)c2ccc(C(F)(F)F)cc2)cc1. The van der Waals surface area contributed by atoms with Crippen LogP contribution in [-0.4, -0.2) is 17.2 Å². The molecule has 0 aliphatic heterocycles. The van der Waals surface area contributed by atoms with E-state index in [-0.39, 0.29) is 22.8 Å². The second-order valence-corrected chi connectivity index (χ2v) is 9.53. The van der Waals surface area contributed by atoms with Gasteiger partial charge < -0.3 is 5.32 Å². The fraction of sp³-hybridized carbons (Fsp3) is 0.381. The van der Waals surface area contributed by atoms with Crippen LogP contribution in [0.5, 0.6) is 0 Å². The Bertz CT molecular complexity index is 1030. The van der Waals surface area contributed by atoms with Crippen LogP contribution in [0.1, 0.15) is 43.0 Å². The van der Waals surface area contributed by atoms with Crippen molar-refractivity contribution in [1.82, 2.24) is 5.32 Å². The first-order valence-corrected chi connectivity index (χ1v) is 10.8. The van der Waals surface area contributed by atoms with Crippen LogP contribution < -0.4 is 5.32 Å². The summed E-state index contributed by atoms with van der Waals surface area (Å²) in [6, 6.07) is 11.0. The van der Waals surface area contributed by atoms with E-state index in [0.717, 1.165) is 17.7 Å². The van der Waals surface area contributed by atoms with Gasteiger partial charge >= 0.3 is 6.18 Å². The van der Waals surface area contributed by atoms with E-state index in [1.807, 2.05) is 6.92 Å². The van der Waals surface area contributed by atoms with E-state index in [9.17, 15) is 22.2 Å². The minimum atomic E-state index is -4.39. The summed E-state index contributed by atoms with van der Waals surface area (Å²) in [5.74, 6) is -0.494. The van der Waals surface area contributed by atoms with Crippen molar-refractivity contribution >= 4 is 15.9 Å². The van der Waals surface area contributed by atoms with Crippen LogP contribution in [-0.2, 0) is 30.6 Å². The second kappa shape index (κ2) is 7.70. The topological polar surface area (TPSA) is 79.2 Å². The lowest BCUT2D eigenvalue weighted by Crippen LogP contribution is -2.30. The standard InChI is InChI=1S/C21H23F3N2O3S/c1-13(14-4-10-17(11-5-14)30(25,28)29-3)26-19(27)18-12-20(18,2)15-6-8-16(9-7-15)21(22,23)24/h4-11,13,18,25H,12H2,1-3H3,(H,26,27)/t13-,18?,20?,30?/m1/s1. The molecule has 2 aromatic rings. The van der Waals surface area contributed by atoms with Gasteiger partial charge in [-0.25, -0.2) is 8.99 Å². The second-order valence-electron chi connectivity index (χ2n) is 7.72. The van der Waals surface area contributed by atoms with Gasteiger partial charge in [-0.2, -0.15) is 13.2 Å². The lowest BCUT2D eigenvalue weighted by Gasteiger charge is -2.17. The van der Waals surface area contributed by atoms with Crippen molar-refractivity contribution in [3.8, 4) is 0 Å². The number of halogens is 3. The highest BCUT2D eigenvalue weighted by atomic mass is 32.2. The molecule has 4 atom stereocenters. The van der Waals surface area contributed by atoms with Gasteiger partial charge in [-0.15, -0.1) is 0 Å². The molecule has 1 aliphatic rings. The van der Waals surface area contributed by atoms with Gasteiger partial charge in [-0.05, 0) is 48.7 Å². The number of nitrogens with one attached hydrogen (secondary N) is 2. The summed E-state index contributed by atoms with van der Waals surface area (Å²) < 4.78 is 62.5. The van der Waals surface area contributed by atoms with Gasteiger partial charge in [-0.1, -0.05) is 31.2 Å². The maximum Gasteiger partial charge on any atom is 0.416 e. The quantitative estimate of drug-likeness (QED) is 0.675. The molecule has 162 valence electrons. The molecule has 9 heteroatoms. The Kier molecular flexibility index (Phi) is 5.72. The van der Waals surface area contributed by atoms with Crippen molar-refractivity contribution in [2.75, 3.05) is 7.11 Å². The molecule has 1 amide bonds. The van der Waals surface area contributed by atoms with E-state index in [1.165, 1.54) is 31.4 Å². The molecule has 0 heterocycles. The first-order chi connectivity index (χ1) is 13.9. The first-order valence-electron chi connectivity index (χ1n) is 9.31. The molecule has 0 aromatic heterocycles. The van der Waals surface area contributed by atoms with Crippen molar-refractivity contribution in [2.45, 2.75) is 42.8 Å². The molecule has 0 saturated heterocycles. The van der Waals surface area contributed by atoms with E-state index < -0.39 is 27.2 Å². The predicted octanol–water partition coefficient (Wildman–Crippen LogP) is 4.83.